The van der Waals surface area contributed by atoms with Gasteiger partial charge in [0.05, 0.1) is 12.9 Å². The van der Waals surface area contributed by atoms with Gasteiger partial charge in [0.1, 0.15) is 0 Å². The average Bonchev–Trinajstić information content (AvgIpc) is 1.73. The monoisotopic (exact) mass is 104 g/mol. The molecule has 2 nitrogen and oxygen atoms in total. The summed E-state index contributed by atoms with van der Waals surface area (Å²) in [6, 6.07) is 0. The van der Waals surface area contributed by atoms with Crippen molar-refractivity contribution in [3.8, 4) is 0 Å². The van der Waals surface area contributed by atoms with Crippen molar-refractivity contribution in [1.29, 1.82) is 0 Å². The van der Waals surface area contributed by atoms with Crippen LogP contribution in [0.2, 0.25) is 0 Å². The smallest absolute Gasteiger partial charge is 0.0853 e. The Morgan fingerprint density at radius 1 is 1.57 bits per heavy atom. The SMILES string of the molecule is C=C(C)OC.CO. The van der Waals surface area contributed by atoms with Gasteiger partial charge in [-0.3, -0.25) is 0 Å². The van der Waals surface area contributed by atoms with E-state index in [9.17, 15) is 0 Å². The summed E-state index contributed by atoms with van der Waals surface area (Å²) in [6.07, 6.45) is 0. The predicted octanol–water partition coefficient (Wildman–Crippen LogP) is 0.775. The Morgan fingerprint density at radius 2 is 1.71 bits per heavy atom. The maximum atomic E-state index is 7.00. The van der Waals surface area contributed by atoms with E-state index in [1.54, 1.807) is 14.0 Å². The van der Waals surface area contributed by atoms with Gasteiger partial charge in [-0.25, -0.2) is 0 Å². The van der Waals surface area contributed by atoms with Crippen molar-refractivity contribution in [2.75, 3.05) is 14.2 Å². The molecular formula is C5H12O2. The molecule has 0 unspecified atom stereocenters. The Balaban J connectivity index is 0. The van der Waals surface area contributed by atoms with Gasteiger partial charge in [-0.15, -0.1) is 0 Å². The van der Waals surface area contributed by atoms with E-state index >= 15 is 0 Å². The first-order valence-corrected chi connectivity index (χ1v) is 1.91. The molecule has 0 bridgehead atoms. The van der Waals surface area contributed by atoms with Crippen molar-refractivity contribution in [3.05, 3.63) is 12.3 Å². The maximum absolute atomic E-state index is 7.00. The van der Waals surface area contributed by atoms with Gasteiger partial charge in [0.25, 0.3) is 0 Å². The second-order valence-corrected chi connectivity index (χ2v) is 0.906. The molecule has 0 aliphatic carbocycles. The van der Waals surface area contributed by atoms with E-state index < -0.39 is 0 Å². The topological polar surface area (TPSA) is 29.5 Å². The number of hydrogen-bond acceptors (Lipinski definition) is 2. The van der Waals surface area contributed by atoms with Crippen LogP contribution >= 0.6 is 0 Å². The lowest BCUT2D eigenvalue weighted by Crippen LogP contribution is -1.70. The lowest BCUT2D eigenvalue weighted by molar-refractivity contribution is 0.295. The fourth-order valence-corrected chi connectivity index (χ4v) is 0. The first kappa shape index (κ1) is 9.71. The van der Waals surface area contributed by atoms with Gasteiger partial charge in [-0.1, -0.05) is 6.58 Å². The van der Waals surface area contributed by atoms with Crippen LogP contribution in [0.15, 0.2) is 12.3 Å². The summed E-state index contributed by atoms with van der Waals surface area (Å²) in [5, 5.41) is 7.00. The second-order valence-electron chi connectivity index (χ2n) is 0.906. The minimum absolute atomic E-state index is 0.755. The quantitative estimate of drug-likeness (QED) is 0.498. The third kappa shape index (κ3) is 29.9. The number of rotatable bonds is 1. The summed E-state index contributed by atoms with van der Waals surface area (Å²) >= 11 is 0. The van der Waals surface area contributed by atoms with Crippen LogP contribution in [0.1, 0.15) is 6.92 Å². The van der Waals surface area contributed by atoms with Crippen LogP contribution in [-0.2, 0) is 4.74 Å². The number of allylic oxidation sites excluding steroid dienone is 1. The van der Waals surface area contributed by atoms with E-state index in [-0.39, 0.29) is 0 Å². The van der Waals surface area contributed by atoms with Gasteiger partial charge in [-0.05, 0) is 6.92 Å². The lowest BCUT2D eigenvalue weighted by Gasteiger charge is -1.88. The van der Waals surface area contributed by atoms with Crippen molar-refractivity contribution < 1.29 is 9.84 Å². The fourth-order valence-electron chi connectivity index (χ4n) is 0. The molecule has 0 fully saturated rings. The largest absolute Gasteiger partial charge is 0.502 e. The first-order chi connectivity index (χ1) is 3.27. The van der Waals surface area contributed by atoms with E-state index in [2.05, 4.69) is 11.3 Å². The summed E-state index contributed by atoms with van der Waals surface area (Å²) in [5.74, 6) is 0.755. The maximum Gasteiger partial charge on any atom is 0.0853 e. The van der Waals surface area contributed by atoms with Crippen molar-refractivity contribution in [3.63, 3.8) is 0 Å². The van der Waals surface area contributed by atoms with Crippen molar-refractivity contribution in [1.82, 2.24) is 0 Å². The zero-order valence-electron chi connectivity index (χ0n) is 5.06. The van der Waals surface area contributed by atoms with E-state index in [1.807, 2.05) is 0 Å². The van der Waals surface area contributed by atoms with Crippen LogP contribution in [0.4, 0.5) is 0 Å². The Labute approximate surface area is 44.4 Å². The summed E-state index contributed by atoms with van der Waals surface area (Å²) in [4.78, 5) is 0. The lowest BCUT2D eigenvalue weighted by atomic mass is 10.7. The molecule has 0 saturated heterocycles. The van der Waals surface area contributed by atoms with E-state index in [4.69, 9.17) is 5.11 Å². The van der Waals surface area contributed by atoms with Gasteiger partial charge < -0.3 is 9.84 Å². The summed E-state index contributed by atoms with van der Waals surface area (Å²) in [7, 11) is 2.60. The number of methoxy groups -OCH3 is 1. The normalized spacial score (nSPS) is 5.71. The predicted molar refractivity (Wildman–Crippen MR) is 30.0 cm³/mol. The first-order valence-electron chi connectivity index (χ1n) is 1.91. The van der Waals surface area contributed by atoms with Gasteiger partial charge in [0.2, 0.25) is 0 Å². The summed E-state index contributed by atoms with van der Waals surface area (Å²) in [6.45, 7) is 5.26. The van der Waals surface area contributed by atoms with Crippen LogP contribution in [0.5, 0.6) is 0 Å². The number of aliphatic hydroxyl groups is 1. The van der Waals surface area contributed by atoms with E-state index in [1.165, 1.54) is 0 Å². The molecule has 0 aromatic rings. The molecule has 0 heterocycles. The van der Waals surface area contributed by atoms with Crippen LogP contribution in [0.3, 0.4) is 0 Å². The molecular weight excluding hydrogens is 92.1 g/mol. The third-order valence-electron chi connectivity index (χ3n) is 0.348. The molecule has 0 aliphatic rings. The van der Waals surface area contributed by atoms with Crippen molar-refractivity contribution in [2.24, 2.45) is 0 Å². The van der Waals surface area contributed by atoms with Crippen LogP contribution in [0, 0.1) is 0 Å². The molecule has 44 valence electrons. The van der Waals surface area contributed by atoms with Crippen LogP contribution in [-0.4, -0.2) is 19.3 Å². The number of hydrogen-bond donors (Lipinski definition) is 1. The fraction of sp³-hybridized carbons (Fsp3) is 0.600. The van der Waals surface area contributed by atoms with Gasteiger partial charge >= 0.3 is 0 Å². The molecule has 0 spiro atoms. The molecule has 0 aliphatic heterocycles. The molecule has 2 heteroatoms. The van der Waals surface area contributed by atoms with Gasteiger partial charge in [0.15, 0.2) is 0 Å². The highest BCUT2D eigenvalue weighted by molar-refractivity contribution is 4.71. The Bertz CT molecular complexity index is 41.3. The van der Waals surface area contributed by atoms with Crippen molar-refractivity contribution in [2.45, 2.75) is 6.92 Å². The molecule has 0 saturated carbocycles. The zero-order chi connectivity index (χ0) is 6.28. The Kier molecular flexibility index (Phi) is 12.6. The zero-order valence-corrected chi connectivity index (χ0v) is 5.06. The average molecular weight is 104 g/mol. The van der Waals surface area contributed by atoms with Gasteiger partial charge in [-0.2, -0.15) is 0 Å². The minimum Gasteiger partial charge on any atom is -0.502 e. The van der Waals surface area contributed by atoms with Gasteiger partial charge in [0, 0.05) is 7.11 Å². The molecule has 0 amide bonds. The number of aliphatic hydroxyl groups excluding tert-OH is 1. The molecule has 1 N–H and O–H groups in total. The summed E-state index contributed by atoms with van der Waals surface area (Å²) in [5.41, 5.74) is 0. The van der Waals surface area contributed by atoms with Crippen LogP contribution in [0.25, 0.3) is 0 Å². The Morgan fingerprint density at radius 3 is 1.71 bits per heavy atom. The highest BCUT2D eigenvalue weighted by Gasteiger charge is 1.65. The highest BCUT2D eigenvalue weighted by Crippen LogP contribution is 1.80. The molecule has 0 atom stereocenters. The number of ether oxygens (including phenoxy) is 1. The molecule has 0 aromatic heterocycles. The molecule has 0 aromatic carbocycles. The van der Waals surface area contributed by atoms with E-state index in [0.717, 1.165) is 12.9 Å². The molecule has 0 radical (unpaired) electrons. The minimum atomic E-state index is 0.755. The molecule has 0 rings (SSSR count). The van der Waals surface area contributed by atoms with Crippen LogP contribution < -0.4 is 0 Å². The third-order valence-corrected chi connectivity index (χ3v) is 0.348. The Hall–Kier alpha value is -0.500. The standard InChI is InChI=1S/C4H8O.CH4O/c1-4(2)5-3;1-2/h1H2,2-3H3;2H,1H3. The van der Waals surface area contributed by atoms with Crippen molar-refractivity contribution >= 4 is 0 Å². The molecule has 7 heavy (non-hydrogen) atoms. The highest BCUT2D eigenvalue weighted by atomic mass is 16.5. The second kappa shape index (κ2) is 9.09. The van der Waals surface area contributed by atoms with E-state index in [0.29, 0.717) is 0 Å². The summed E-state index contributed by atoms with van der Waals surface area (Å²) < 4.78 is 4.56.